The van der Waals surface area contributed by atoms with E-state index in [1.54, 1.807) is 12.1 Å². The molecule has 3 N–H and O–H groups in total. The standard InChI is InChI=1S/C22H30FN7S/c1-15(2)20-14-29(11-12-31-20)22(26-3)27-10-4-5-19-18(13-24)21(25)30(28-19)17-8-6-16(23)7-9-17/h6-9,15,20H,4-5,10-12,14,25H2,1-3H3,(H,26,27). The highest BCUT2D eigenvalue weighted by Gasteiger charge is 2.24. The molecule has 1 fully saturated rings. The summed E-state index contributed by atoms with van der Waals surface area (Å²) in [5.41, 5.74) is 7.79. The average molecular weight is 444 g/mol. The summed E-state index contributed by atoms with van der Waals surface area (Å²) in [5, 5.41) is 18.1. The summed E-state index contributed by atoms with van der Waals surface area (Å²) in [6, 6.07) is 8.04. The largest absolute Gasteiger partial charge is 0.382 e. The van der Waals surface area contributed by atoms with Gasteiger partial charge >= 0.3 is 0 Å². The number of benzene rings is 1. The number of nitrogens with one attached hydrogen (secondary N) is 1. The minimum atomic E-state index is -0.332. The molecule has 2 heterocycles. The average Bonchev–Trinajstić information content (AvgIpc) is 3.09. The Morgan fingerprint density at radius 1 is 1.42 bits per heavy atom. The molecule has 1 aliphatic heterocycles. The van der Waals surface area contributed by atoms with E-state index in [4.69, 9.17) is 5.73 Å². The molecule has 166 valence electrons. The van der Waals surface area contributed by atoms with Gasteiger partial charge in [-0.05, 0) is 43.0 Å². The summed E-state index contributed by atoms with van der Waals surface area (Å²) in [5.74, 6) is 2.61. The van der Waals surface area contributed by atoms with Crippen LogP contribution in [0.2, 0.25) is 0 Å². The Morgan fingerprint density at radius 2 is 2.16 bits per heavy atom. The van der Waals surface area contributed by atoms with E-state index in [0.717, 1.165) is 37.8 Å². The van der Waals surface area contributed by atoms with Crippen molar-refractivity contribution in [2.45, 2.75) is 31.9 Å². The van der Waals surface area contributed by atoms with Gasteiger partial charge in [-0.15, -0.1) is 0 Å². The lowest BCUT2D eigenvalue weighted by Crippen LogP contribution is -2.49. The van der Waals surface area contributed by atoms with Gasteiger partial charge in [0, 0.05) is 37.7 Å². The highest BCUT2D eigenvalue weighted by Crippen LogP contribution is 2.25. The second kappa shape index (κ2) is 10.5. The second-order valence-electron chi connectivity index (χ2n) is 7.88. The van der Waals surface area contributed by atoms with Crippen LogP contribution < -0.4 is 11.1 Å². The van der Waals surface area contributed by atoms with Crippen molar-refractivity contribution in [3.05, 3.63) is 41.3 Å². The third-order valence-corrected chi connectivity index (χ3v) is 6.94. The van der Waals surface area contributed by atoms with Gasteiger partial charge in [-0.25, -0.2) is 9.07 Å². The first-order chi connectivity index (χ1) is 14.9. The summed E-state index contributed by atoms with van der Waals surface area (Å²) in [6.45, 7) is 7.24. The van der Waals surface area contributed by atoms with Crippen molar-refractivity contribution in [3.8, 4) is 11.8 Å². The molecule has 1 aromatic carbocycles. The van der Waals surface area contributed by atoms with Crippen molar-refractivity contribution in [2.75, 3.05) is 38.2 Å². The number of rotatable bonds is 6. The maximum Gasteiger partial charge on any atom is 0.193 e. The summed E-state index contributed by atoms with van der Waals surface area (Å²) in [6.07, 6.45) is 1.39. The zero-order valence-corrected chi connectivity index (χ0v) is 19.1. The molecule has 1 saturated heterocycles. The Kier molecular flexibility index (Phi) is 7.80. The number of nitrogens with zero attached hydrogens (tertiary/aromatic N) is 5. The molecular weight excluding hydrogens is 413 g/mol. The third-order valence-electron chi connectivity index (χ3n) is 5.40. The number of aryl methyl sites for hydroxylation is 1. The first-order valence-electron chi connectivity index (χ1n) is 10.5. The molecule has 0 saturated carbocycles. The number of nitrogens with two attached hydrogens (primary N) is 1. The van der Waals surface area contributed by atoms with Crippen LogP contribution in [0, 0.1) is 23.1 Å². The molecule has 9 heteroatoms. The number of anilines is 1. The second-order valence-corrected chi connectivity index (χ2v) is 9.23. The van der Waals surface area contributed by atoms with Crippen LogP contribution in [0.5, 0.6) is 0 Å². The fraction of sp³-hybridized carbons (Fsp3) is 0.500. The molecule has 7 nitrogen and oxygen atoms in total. The maximum atomic E-state index is 13.2. The lowest BCUT2D eigenvalue weighted by atomic mass is 10.1. The van der Waals surface area contributed by atoms with E-state index < -0.39 is 0 Å². The van der Waals surface area contributed by atoms with Gasteiger partial charge in [0.05, 0.1) is 11.4 Å². The van der Waals surface area contributed by atoms with E-state index in [1.807, 2.05) is 18.8 Å². The number of thioether (sulfide) groups is 1. The van der Waals surface area contributed by atoms with Crippen LogP contribution in [0.25, 0.3) is 5.69 Å². The SMILES string of the molecule is CN=C(NCCCc1nn(-c2ccc(F)cc2)c(N)c1C#N)N1CCSC(C(C)C)C1. The van der Waals surface area contributed by atoms with Gasteiger partial charge in [0.2, 0.25) is 0 Å². The van der Waals surface area contributed by atoms with Gasteiger partial charge in [0.15, 0.2) is 5.96 Å². The van der Waals surface area contributed by atoms with E-state index in [0.29, 0.717) is 34.5 Å². The van der Waals surface area contributed by atoms with Crippen LogP contribution in [-0.2, 0) is 6.42 Å². The number of aromatic nitrogens is 2. The minimum absolute atomic E-state index is 0.276. The van der Waals surface area contributed by atoms with Gasteiger partial charge in [-0.3, -0.25) is 4.99 Å². The van der Waals surface area contributed by atoms with Gasteiger partial charge in [0.25, 0.3) is 0 Å². The first-order valence-corrected chi connectivity index (χ1v) is 11.6. The Labute approximate surface area is 187 Å². The smallest absolute Gasteiger partial charge is 0.193 e. The topological polar surface area (TPSA) is 95.3 Å². The molecule has 0 radical (unpaired) electrons. The molecule has 0 bridgehead atoms. The Balaban J connectivity index is 1.59. The molecule has 2 aromatic rings. The molecule has 0 aliphatic carbocycles. The van der Waals surface area contributed by atoms with E-state index in [9.17, 15) is 9.65 Å². The van der Waals surface area contributed by atoms with Crippen LogP contribution in [0.3, 0.4) is 0 Å². The van der Waals surface area contributed by atoms with E-state index in [1.165, 1.54) is 16.8 Å². The van der Waals surface area contributed by atoms with Gasteiger partial charge < -0.3 is 16.0 Å². The predicted octanol–water partition coefficient (Wildman–Crippen LogP) is 3.05. The Bertz CT molecular complexity index is 946. The summed E-state index contributed by atoms with van der Waals surface area (Å²) in [7, 11) is 1.81. The van der Waals surface area contributed by atoms with Gasteiger partial charge in [-0.1, -0.05) is 13.8 Å². The molecule has 31 heavy (non-hydrogen) atoms. The lowest BCUT2D eigenvalue weighted by Gasteiger charge is -2.36. The normalized spacial score (nSPS) is 17.1. The van der Waals surface area contributed by atoms with Gasteiger partial charge in [0.1, 0.15) is 23.3 Å². The predicted molar refractivity (Wildman–Crippen MR) is 125 cm³/mol. The first kappa shape index (κ1) is 22.9. The highest BCUT2D eigenvalue weighted by molar-refractivity contribution is 8.00. The van der Waals surface area contributed by atoms with Crippen molar-refractivity contribution < 1.29 is 4.39 Å². The van der Waals surface area contributed by atoms with Crippen molar-refractivity contribution >= 4 is 23.5 Å². The number of hydrogen-bond acceptors (Lipinski definition) is 5. The third kappa shape index (κ3) is 5.50. The maximum absolute atomic E-state index is 13.2. The number of nitrogen functional groups attached to an aromatic ring is 1. The molecule has 1 atom stereocenters. The number of aliphatic imine (C=N–C) groups is 1. The monoisotopic (exact) mass is 443 g/mol. The summed E-state index contributed by atoms with van der Waals surface area (Å²) in [4.78, 5) is 6.77. The van der Waals surface area contributed by atoms with E-state index in [-0.39, 0.29) is 11.6 Å². The molecule has 1 aliphatic rings. The molecule has 0 amide bonds. The minimum Gasteiger partial charge on any atom is -0.382 e. The fourth-order valence-electron chi connectivity index (χ4n) is 3.61. The lowest BCUT2D eigenvalue weighted by molar-refractivity contribution is 0.380. The van der Waals surface area contributed by atoms with Crippen LogP contribution in [-0.4, -0.2) is 58.3 Å². The van der Waals surface area contributed by atoms with Crippen molar-refractivity contribution in [1.29, 1.82) is 5.26 Å². The fourth-order valence-corrected chi connectivity index (χ4v) is 4.91. The zero-order valence-electron chi connectivity index (χ0n) is 18.3. The Morgan fingerprint density at radius 3 is 2.81 bits per heavy atom. The van der Waals surface area contributed by atoms with Crippen molar-refractivity contribution in [1.82, 2.24) is 20.0 Å². The highest BCUT2D eigenvalue weighted by atomic mass is 32.2. The molecular formula is C22H30FN7S. The van der Waals surface area contributed by atoms with Crippen LogP contribution in [0.15, 0.2) is 29.3 Å². The molecule has 0 spiro atoms. The van der Waals surface area contributed by atoms with Crippen molar-refractivity contribution in [3.63, 3.8) is 0 Å². The summed E-state index contributed by atoms with van der Waals surface area (Å²) >= 11 is 2.04. The number of hydrogen-bond donors (Lipinski definition) is 2. The molecule has 3 rings (SSSR count). The summed E-state index contributed by atoms with van der Waals surface area (Å²) < 4.78 is 14.7. The quantitative estimate of drug-likeness (QED) is 0.405. The van der Waals surface area contributed by atoms with Crippen molar-refractivity contribution in [2.24, 2.45) is 10.9 Å². The van der Waals surface area contributed by atoms with Gasteiger partial charge in [-0.2, -0.15) is 22.1 Å². The Hall–Kier alpha value is -2.73. The van der Waals surface area contributed by atoms with E-state index in [2.05, 4.69) is 40.2 Å². The van der Waals surface area contributed by atoms with E-state index >= 15 is 0 Å². The number of guanidine groups is 1. The number of nitriles is 1. The van der Waals surface area contributed by atoms with Crippen LogP contribution in [0.1, 0.15) is 31.5 Å². The van der Waals surface area contributed by atoms with Crippen LogP contribution in [0.4, 0.5) is 10.2 Å². The molecule has 1 unspecified atom stereocenters. The van der Waals surface area contributed by atoms with Crippen LogP contribution >= 0.6 is 11.8 Å². The number of halogens is 1. The zero-order chi connectivity index (χ0) is 22.4. The molecule has 1 aromatic heterocycles.